The summed E-state index contributed by atoms with van der Waals surface area (Å²) in [5, 5.41) is 11.0. The third-order valence-corrected chi connectivity index (χ3v) is 4.00. The Morgan fingerprint density at radius 3 is 2.72 bits per heavy atom. The second-order valence-corrected chi connectivity index (χ2v) is 5.18. The predicted molar refractivity (Wildman–Crippen MR) is 70.8 cm³/mol. The summed E-state index contributed by atoms with van der Waals surface area (Å²) < 4.78 is 2.06. The molecule has 3 heteroatoms. The molecule has 1 N–H and O–H groups in total. The van der Waals surface area contributed by atoms with E-state index in [4.69, 9.17) is 0 Å². The number of carbonyl (C=O) groups is 1. The summed E-state index contributed by atoms with van der Waals surface area (Å²) in [6, 6.07) is 5.62. The number of fused-ring (bicyclic) bond motifs is 1. The van der Waals surface area contributed by atoms with E-state index in [1.807, 2.05) is 19.2 Å². The van der Waals surface area contributed by atoms with Gasteiger partial charge < -0.3 is 9.67 Å². The Bertz CT molecular complexity index is 602. The van der Waals surface area contributed by atoms with Gasteiger partial charge in [-0.15, -0.1) is 0 Å². The molecule has 2 aromatic rings. The SMILES string of the molecule is Cn1cc(C2CCC(=O)CC2)c2c(O)cccc21. The second kappa shape index (κ2) is 4.16. The minimum absolute atomic E-state index is 0.347. The summed E-state index contributed by atoms with van der Waals surface area (Å²) in [5.74, 6) is 1.12. The lowest BCUT2D eigenvalue weighted by Crippen LogP contribution is -2.12. The van der Waals surface area contributed by atoms with Gasteiger partial charge in [0.1, 0.15) is 11.5 Å². The number of phenols is 1. The Kier molecular flexibility index (Phi) is 2.62. The number of aromatic hydroxyl groups is 1. The van der Waals surface area contributed by atoms with Gasteiger partial charge in [0.2, 0.25) is 0 Å². The average molecular weight is 243 g/mol. The number of phenolic OH excluding ortho intramolecular Hbond substituents is 1. The molecule has 0 atom stereocenters. The number of ketones is 1. The molecule has 0 radical (unpaired) electrons. The normalized spacial score (nSPS) is 17.5. The lowest BCUT2D eigenvalue weighted by molar-refractivity contribution is -0.120. The maximum absolute atomic E-state index is 11.3. The van der Waals surface area contributed by atoms with Crippen LogP contribution in [-0.2, 0) is 11.8 Å². The van der Waals surface area contributed by atoms with E-state index in [1.165, 1.54) is 5.56 Å². The van der Waals surface area contributed by atoms with Gasteiger partial charge in [0.25, 0.3) is 0 Å². The number of rotatable bonds is 1. The third-order valence-electron chi connectivity index (χ3n) is 4.00. The molecule has 18 heavy (non-hydrogen) atoms. The van der Waals surface area contributed by atoms with Gasteiger partial charge in [-0.05, 0) is 36.5 Å². The molecule has 1 heterocycles. The standard InChI is InChI=1S/C15H17NO2/c1-16-9-12(10-5-7-11(17)8-6-10)15-13(16)3-2-4-14(15)18/h2-4,9-10,18H,5-8H2,1H3. The molecule has 0 aliphatic heterocycles. The van der Waals surface area contributed by atoms with Crippen LogP contribution >= 0.6 is 0 Å². The van der Waals surface area contributed by atoms with Gasteiger partial charge in [-0.3, -0.25) is 4.79 Å². The van der Waals surface area contributed by atoms with Crippen molar-refractivity contribution in [2.45, 2.75) is 31.6 Å². The third kappa shape index (κ3) is 1.70. The minimum atomic E-state index is 0.347. The highest BCUT2D eigenvalue weighted by molar-refractivity contribution is 5.90. The molecule has 0 amide bonds. The van der Waals surface area contributed by atoms with Crippen molar-refractivity contribution in [3.63, 3.8) is 0 Å². The highest BCUT2D eigenvalue weighted by Gasteiger charge is 2.24. The zero-order chi connectivity index (χ0) is 12.7. The van der Waals surface area contributed by atoms with Gasteiger partial charge in [-0.25, -0.2) is 0 Å². The van der Waals surface area contributed by atoms with Crippen LogP contribution in [0.15, 0.2) is 24.4 Å². The van der Waals surface area contributed by atoms with Crippen molar-refractivity contribution in [1.82, 2.24) is 4.57 Å². The summed E-state index contributed by atoms with van der Waals surface area (Å²) in [6.07, 6.45) is 5.27. The average Bonchev–Trinajstić information content (AvgIpc) is 2.70. The number of carbonyl (C=O) groups excluding carboxylic acids is 1. The van der Waals surface area contributed by atoms with Gasteiger partial charge in [-0.2, -0.15) is 0 Å². The molecule has 1 aromatic heterocycles. The fourth-order valence-corrected chi connectivity index (χ4v) is 3.02. The molecule has 0 saturated heterocycles. The van der Waals surface area contributed by atoms with E-state index in [1.54, 1.807) is 6.07 Å². The summed E-state index contributed by atoms with van der Waals surface area (Å²) in [5.41, 5.74) is 2.25. The molecule has 1 aromatic carbocycles. The van der Waals surface area contributed by atoms with Crippen LogP contribution in [0.5, 0.6) is 5.75 Å². The number of nitrogens with zero attached hydrogens (tertiary/aromatic N) is 1. The van der Waals surface area contributed by atoms with Crippen LogP contribution in [0.25, 0.3) is 10.9 Å². The van der Waals surface area contributed by atoms with Crippen LogP contribution in [0, 0.1) is 0 Å². The highest BCUT2D eigenvalue weighted by atomic mass is 16.3. The Hall–Kier alpha value is -1.77. The maximum Gasteiger partial charge on any atom is 0.132 e. The summed E-state index contributed by atoms with van der Waals surface area (Å²) in [6.45, 7) is 0. The van der Waals surface area contributed by atoms with Crippen LogP contribution in [-0.4, -0.2) is 15.5 Å². The zero-order valence-corrected chi connectivity index (χ0v) is 10.5. The van der Waals surface area contributed by atoms with E-state index >= 15 is 0 Å². The Labute approximate surface area is 106 Å². The van der Waals surface area contributed by atoms with E-state index in [-0.39, 0.29) is 0 Å². The lowest BCUT2D eigenvalue weighted by atomic mass is 9.83. The fourth-order valence-electron chi connectivity index (χ4n) is 3.02. The number of aromatic nitrogens is 1. The molecule has 0 unspecified atom stereocenters. The number of Topliss-reactive ketones (excluding diaryl/α,β-unsaturated/α-hetero) is 1. The zero-order valence-electron chi connectivity index (χ0n) is 10.5. The van der Waals surface area contributed by atoms with Crippen LogP contribution in [0.2, 0.25) is 0 Å². The molecular formula is C15H17NO2. The topological polar surface area (TPSA) is 42.2 Å². The summed E-state index contributed by atoms with van der Waals surface area (Å²) >= 11 is 0. The smallest absolute Gasteiger partial charge is 0.132 e. The second-order valence-electron chi connectivity index (χ2n) is 5.18. The monoisotopic (exact) mass is 243 g/mol. The van der Waals surface area contributed by atoms with Crippen molar-refractivity contribution in [3.8, 4) is 5.75 Å². The molecule has 0 spiro atoms. The van der Waals surface area contributed by atoms with Crippen molar-refractivity contribution in [2.75, 3.05) is 0 Å². The quantitative estimate of drug-likeness (QED) is 0.836. The summed E-state index contributed by atoms with van der Waals surface area (Å²) in [7, 11) is 2.00. The maximum atomic E-state index is 11.3. The summed E-state index contributed by atoms with van der Waals surface area (Å²) in [4.78, 5) is 11.3. The predicted octanol–water partition coefficient (Wildman–Crippen LogP) is 3.11. The van der Waals surface area contributed by atoms with Crippen molar-refractivity contribution in [1.29, 1.82) is 0 Å². The van der Waals surface area contributed by atoms with Gasteiger partial charge >= 0.3 is 0 Å². The van der Waals surface area contributed by atoms with Gasteiger partial charge in [0, 0.05) is 31.5 Å². The lowest BCUT2D eigenvalue weighted by Gasteiger charge is -2.20. The first kappa shape index (κ1) is 11.3. The number of aryl methyl sites for hydroxylation is 1. The molecule has 3 rings (SSSR count). The van der Waals surface area contributed by atoms with Gasteiger partial charge in [0.05, 0.1) is 5.52 Å². The number of benzene rings is 1. The van der Waals surface area contributed by atoms with E-state index in [2.05, 4.69) is 10.8 Å². The van der Waals surface area contributed by atoms with Gasteiger partial charge in [0.15, 0.2) is 0 Å². The first-order valence-corrected chi connectivity index (χ1v) is 6.45. The van der Waals surface area contributed by atoms with E-state index in [0.717, 1.165) is 23.7 Å². The van der Waals surface area contributed by atoms with Crippen molar-refractivity contribution >= 4 is 16.7 Å². The highest BCUT2D eigenvalue weighted by Crippen LogP contribution is 2.39. The number of hydrogen-bond acceptors (Lipinski definition) is 2. The minimum Gasteiger partial charge on any atom is -0.507 e. The molecule has 94 valence electrons. The number of hydrogen-bond donors (Lipinski definition) is 1. The molecular weight excluding hydrogens is 226 g/mol. The molecule has 1 fully saturated rings. The molecule has 1 aliphatic rings. The van der Waals surface area contributed by atoms with Crippen molar-refractivity contribution in [3.05, 3.63) is 30.0 Å². The van der Waals surface area contributed by atoms with Crippen molar-refractivity contribution in [2.24, 2.45) is 7.05 Å². The van der Waals surface area contributed by atoms with E-state index in [0.29, 0.717) is 30.3 Å². The molecule has 3 nitrogen and oxygen atoms in total. The Morgan fingerprint density at radius 1 is 1.28 bits per heavy atom. The van der Waals surface area contributed by atoms with Crippen LogP contribution in [0.4, 0.5) is 0 Å². The van der Waals surface area contributed by atoms with Crippen LogP contribution in [0.3, 0.4) is 0 Å². The van der Waals surface area contributed by atoms with Gasteiger partial charge in [-0.1, -0.05) is 6.07 Å². The van der Waals surface area contributed by atoms with Crippen molar-refractivity contribution < 1.29 is 9.90 Å². The Morgan fingerprint density at radius 2 is 2.00 bits per heavy atom. The first-order valence-electron chi connectivity index (χ1n) is 6.45. The Balaban J connectivity index is 2.09. The van der Waals surface area contributed by atoms with Crippen LogP contribution in [0.1, 0.15) is 37.2 Å². The largest absolute Gasteiger partial charge is 0.507 e. The first-order chi connectivity index (χ1) is 8.66. The molecule has 1 saturated carbocycles. The molecule has 0 bridgehead atoms. The fraction of sp³-hybridized carbons (Fsp3) is 0.400. The molecule has 1 aliphatic carbocycles. The van der Waals surface area contributed by atoms with E-state index < -0.39 is 0 Å². The van der Waals surface area contributed by atoms with E-state index in [9.17, 15) is 9.90 Å². The van der Waals surface area contributed by atoms with Crippen LogP contribution < -0.4 is 0 Å².